The Morgan fingerprint density at radius 3 is 2.52 bits per heavy atom. The van der Waals surface area contributed by atoms with Gasteiger partial charge in [0.1, 0.15) is 5.82 Å². The average Bonchev–Trinajstić information content (AvgIpc) is 2.70. The maximum absolute atomic E-state index is 12.3. The zero-order valence-electron chi connectivity index (χ0n) is 15.4. The maximum Gasteiger partial charge on any atom is 0.270 e. The Kier molecular flexibility index (Phi) is 5.72. The number of nitro groups is 1. The number of non-ortho nitro benzene ring substituents is 1. The smallest absolute Gasteiger partial charge is 0.270 e. The number of rotatable bonds is 7. The van der Waals surface area contributed by atoms with E-state index in [1.54, 1.807) is 12.1 Å². The molecule has 1 heterocycles. The van der Waals surface area contributed by atoms with Crippen molar-refractivity contribution < 1.29 is 13.3 Å². The van der Waals surface area contributed by atoms with Crippen molar-refractivity contribution in [2.75, 3.05) is 18.4 Å². The van der Waals surface area contributed by atoms with Gasteiger partial charge in [0.25, 0.3) is 5.69 Å². The lowest BCUT2D eigenvalue weighted by Gasteiger charge is -2.10. The number of nitrogens with zero attached hydrogens (tertiary/aromatic N) is 3. The van der Waals surface area contributed by atoms with Gasteiger partial charge in [0.2, 0.25) is 10.0 Å². The van der Waals surface area contributed by atoms with Crippen molar-refractivity contribution >= 4 is 32.4 Å². The SMILES string of the molecule is Cc1ccc(S(=O)(=O)NCCNc2cc(C#N)c3cc([N+](=O)[O-])ccc3n2)cc1. The molecule has 9 nitrogen and oxygen atoms in total. The van der Waals surface area contributed by atoms with E-state index in [4.69, 9.17) is 0 Å². The predicted octanol–water partition coefficient (Wildman–Crippen LogP) is 2.71. The molecule has 0 saturated carbocycles. The fourth-order valence-corrected chi connectivity index (χ4v) is 3.72. The number of aromatic nitrogens is 1. The molecule has 0 unspecified atom stereocenters. The first-order valence-corrected chi connectivity index (χ1v) is 10.1. The molecule has 2 N–H and O–H groups in total. The predicted molar refractivity (Wildman–Crippen MR) is 108 cm³/mol. The fraction of sp³-hybridized carbons (Fsp3) is 0.158. The van der Waals surface area contributed by atoms with E-state index in [-0.39, 0.29) is 29.2 Å². The van der Waals surface area contributed by atoms with E-state index >= 15 is 0 Å². The molecular weight excluding hydrogens is 394 g/mol. The number of benzene rings is 2. The van der Waals surface area contributed by atoms with Crippen LogP contribution in [0.4, 0.5) is 11.5 Å². The van der Waals surface area contributed by atoms with Crippen LogP contribution in [0.25, 0.3) is 10.9 Å². The molecule has 1 aromatic heterocycles. The minimum Gasteiger partial charge on any atom is -0.369 e. The number of anilines is 1. The summed E-state index contributed by atoms with van der Waals surface area (Å²) in [5, 5.41) is 23.6. The second-order valence-corrected chi connectivity index (χ2v) is 8.03. The van der Waals surface area contributed by atoms with Crippen LogP contribution in [-0.4, -0.2) is 31.4 Å². The number of sulfonamides is 1. The van der Waals surface area contributed by atoms with Crippen molar-refractivity contribution in [2.24, 2.45) is 0 Å². The minimum absolute atomic E-state index is 0.109. The van der Waals surface area contributed by atoms with Crippen molar-refractivity contribution in [1.82, 2.24) is 9.71 Å². The molecule has 0 saturated heterocycles. The molecule has 0 amide bonds. The number of nitriles is 1. The lowest BCUT2D eigenvalue weighted by molar-refractivity contribution is -0.384. The normalized spacial score (nSPS) is 11.2. The maximum atomic E-state index is 12.3. The summed E-state index contributed by atoms with van der Waals surface area (Å²) in [5.74, 6) is 0.373. The zero-order chi connectivity index (χ0) is 21.0. The molecule has 148 valence electrons. The molecule has 0 spiro atoms. The molecule has 0 aliphatic heterocycles. The second-order valence-electron chi connectivity index (χ2n) is 6.26. The largest absolute Gasteiger partial charge is 0.369 e. The number of nitrogens with one attached hydrogen (secondary N) is 2. The van der Waals surface area contributed by atoms with Crippen molar-refractivity contribution in [3.8, 4) is 6.07 Å². The van der Waals surface area contributed by atoms with Crippen molar-refractivity contribution in [3.05, 3.63) is 69.8 Å². The van der Waals surface area contributed by atoms with E-state index in [9.17, 15) is 23.8 Å². The fourth-order valence-electron chi connectivity index (χ4n) is 2.69. The van der Waals surface area contributed by atoms with Crippen LogP contribution in [0.1, 0.15) is 11.1 Å². The molecule has 3 aromatic rings. The average molecular weight is 411 g/mol. The molecule has 0 bridgehead atoms. The highest BCUT2D eigenvalue weighted by Crippen LogP contribution is 2.24. The molecule has 2 aromatic carbocycles. The van der Waals surface area contributed by atoms with Crippen LogP contribution in [0.2, 0.25) is 0 Å². The van der Waals surface area contributed by atoms with Crippen LogP contribution < -0.4 is 10.0 Å². The summed E-state index contributed by atoms with van der Waals surface area (Å²) in [5.41, 5.74) is 1.51. The van der Waals surface area contributed by atoms with Gasteiger partial charge in [-0.2, -0.15) is 5.26 Å². The quantitative estimate of drug-likeness (QED) is 0.346. The van der Waals surface area contributed by atoms with Gasteiger partial charge in [-0.3, -0.25) is 10.1 Å². The lowest BCUT2D eigenvalue weighted by Crippen LogP contribution is -2.29. The van der Waals surface area contributed by atoms with Gasteiger partial charge in [-0.15, -0.1) is 0 Å². The summed E-state index contributed by atoms with van der Waals surface area (Å²) in [4.78, 5) is 14.9. The molecule has 0 fully saturated rings. The molecule has 10 heteroatoms. The van der Waals surface area contributed by atoms with Crippen LogP contribution in [0.3, 0.4) is 0 Å². The van der Waals surface area contributed by atoms with Gasteiger partial charge in [0.15, 0.2) is 0 Å². The third kappa shape index (κ3) is 4.66. The molecular formula is C19H17N5O4S. The van der Waals surface area contributed by atoms with Crippen molar-refractivity contribution in [1.29, 1.82) is 5.26 Å². The number of pyridine rings is 1. The molecule has 3 rings (SSSR count). The third-order valence-corrected chi connectivity index (χ3v) is 5.65. The van der Waals surface area contributed by atoms with Gasteiger partial charge in [0, 0.05) is 30.6 Å². The molecule has 0 aliphatic rings. The lowest BCUT2D eigenvalue weighted by atomic mass is 10.1. The Morgan fingerprint density at radius 1 is 1.14 bits per heavy atom. The van der Waals surface area contributed by atoms with E-state index in [2.05, 4.69) is 15.0 Å². The number of hydrogen-bond donors (Lipinski definition) is 2. The van der Waals surface area contributed by atoms with E-state index in [0.717, 1.165) is 5.56 Å². The Hall–Kier alpha value is -3.55. The van der Waals surface area contributed by atoms with Gasteiger partial charge < -0.3 is 5.32 Å². The Morgan fingerprint density at radius 2 is 1.86 bits per heavy atom. The van der Waals surface area contributed by atoms with Crippen LogP contribution >= 0.6 is 0 Å². The van der Waals surface area contributed by atoms with Crippen LogP contribution in [0.15, 0.2) is 53.4 Å². The topological polar surface area (TPSA) is 138 Å². The summed E-state index contributed by atoms with van der Waals surface area (Å²) in [6, 6.07) is 14.1. The second kappa shape index (κ2) is 8.22. The number of fused-ring (bicyclic) bond motifs is 1. The van der Waals surface area contributed by atoms with Gasteiger partial charge in [-0.25, -0.2) is 18.1 Å². The number of hydrogen-bond acceptors (Lipinski definition) is 7. The third-order valence-electron chi connectivity index (χ3n) is 4.18. The van der Waals surface area contributed by atoms with Crippen molar-refractivity contribution in [2.45, 2.75) is 11.8 Å². The standard InChI is InChI=1S/C19H17N5O4S/c1-13-2-5-16(6-3-13)29(27,28)22-9-8-21-19-10-14(12-20)17-11-15(24(25)26)4-7-18(17)23-19/h2-7,10-11,22H,8-9H2,1H3,(H,21,23). The Labute approximate surface area is 167 Å². The first-order valence-electron chi connectivity index (χ1n) is 8.60. The van der Waals surface area contributed by atoms with E-state index in [0.29, 0.717) is 16.7 Å². The summed E-state index contributed by atoms with van der Waals surface area (Å²) in [7, 11) is -3.62. The van der Waals surface area contributed by atoms with Gasteiger partial charge >= 0.3 is 0 Å². The van der Waals surface area contributed by atoms with Crippen LogP contribution in [0.5, 0.6) is 0 Å². The monoisotopic (exact) mass is 411 g/mol. The van der Waals surface area contributed by atoms with E-state index in [1.165, 1.54) is 36.4 Å². The van der Waals surface area contributed by atoms with Gasteiger partial charge in [-0.1, -0.05) is 17.7 Å². The number of nitro benzene ring substituents is 1. The zero-order valence-corrected chi connectivity index (χ0v) is 16.2. The summed E-state index contributed by atoms with van der Waals surface area (Å²) >= 11 is 0. The first-order chi connectivity index (χ1) is 13.8. The van der Waals surface area contributed by atoms with Crippen LogP contribution in [-0.2, 0) is 10.0 Å². The summed E-state index contributed by atoms with van der Waals surface area (Å²) in [6.07, 6.45) is 0. The molecule has 0 atom stereocenters. The van der Waals surface area contributed by atoms with Crippen LogP contribution in [0, 0.1) is 28.4 Å². The highest BCUT2D eigenvalue weighted by molar-refractivity contribution is 7.89. The Balaban J connectivity index is 1.69. The summed E-state index contributed by atoms with van der Waals surface area (Å²) < 4.78 is 27.0. The number of aryl methyl sites for hydroxylation is 1. The first kappa shape index (κ1) is 20.2. The molecule has 0 aliphatic carbocycles. The highest BCUT2D eigenvalue weighted by atomic mass is 32.2. The minimum atomic E-state index is -3.62. The highest BCUT2D eigenvalue weighted by Gasteiger charge is 2.14. The molecule has 0 radical (unpaired) electrons. The van der Waals surface area contributed by atoms with Gasteiger partial charge in [0.05, 0.1) is 27.0 Å². The van der Waals surface area contributed by atoms with Gasteiger partial charge in [-0.05, 0) is 31.2 Å². The Bertz CT molecular complexity index is 1220. The van der Waals surface area contributed by atoms with Crippen molar-refractivity contribution in [3.63, 3.8) is 0 Å². The molecule has 29 heavy (non-hydrogen) atoms. The van der Waals surface area contributed by atoms with E-state index < -0.39 is 14.9 Å². The van der Waals surface area contributed by atoms with E-state index in [1.807, 2.05) is 13.0 Å². The summed E-state index contributed by atoms with van der Waals surface area (Å²) in [6.45, 7) is 2.22.